The highest BCUT2D eigenvalue weighted by molar-refractivity contribution is 14.1. The van der Waals surface area contributed by atoms with Crippen molar-refractivity contribution in [1.29, 1.82) is 0 Å². The number of benzene rings is 2. The molecule has 0 aliphatic rings. The Morgan fingerprint density at radius 1 is 1.30 bits per heavy atom. The molecular formula is C13H6BrClFIN2S. The van der Waals surface area contributed by atoms with E-state index in [0.29, 0.717) is 18.9 Å². The predicted octanol–water partition coefficient (Wildman–Crippen LogP) is 5.85. The van der Waals surface area contributed by atoms with Gasteiger partial charge in [0.1, 0.15) is 5.82 Å². The fraction of sp³-hybridized carbons (Fsp3) is 0. The molecule has 0 bridgehead atoms. The first-order valence-electron chi connectivity index (χ1n) is 5.52. The highest BCUT2D eigenvalue weighted by atomic mass is 127. The van der Waals surface area contributed by atoms with Gasteiger partial charge in [0.15, 0.2) is 4.77 Å². The van der Waals surface area contributed by atoms with E-state index in [1.54, 1.807) is 16.7 Å². The van der Waals surface area contributed by atoms with Gasteiger partial charge in [0, 0.05) is 16.2 Å². The number of aromatic amines is 1. The van der Waals surface area contributed by atoms with Gasteiger partial charge in [-0.2, -0.15) is 0 Å². The van der Waals surface area contributed by atoms with E-state index in [9.17, 15) is 4.39 Å². The van der Waals surface area contributed by atoms with Crippen LogP contribution in [0.1, 0.15) is 0 Å². The Balaban J connectivity index is 2.35. The number of rotatable bonds is 1. The van der Waals surface area contributed by atoms with Crippen molar-refractivity contribution >= 4 is 73.4 Å². The number of H-pyrrole nitrogens is 1. The van der Waals surface area contributed by atoms with E-state index in [-0.39, 0.29) is 5.82 Å². The topological polar surface area (TPSA) is 20.7 Å². The number of halogens is 4. The third-order valence-corrected chi connectivity index (χ3v) is 5.21. The predicted molar refractivity (Wildman–Crippen MR) is 93.8 cm³/mol. The fourth-order valence-electron chi connectivity index (χ4n) is 1.98. The Morgan fingerprint density at radius 2 is 2.05 bits per heavy atom. The fourth-order valence-corrected chi connectivity index (χ4v) is 3.25. The second-order valence-electron chi connectivity index (χ2n) is 4.15. The molecular weight excluding hydrogens is 477 g/mol. The minimum atomic E-state index is -0.270. The zero-order valence-electron chi connectivity index (χ0n) is 9.75. The average Bonchev–Trinajstić information content (AvgIpc) is 2.69. The molecule has 0 aliphatic carbocycles. The molecule has 0 saturated heterocycles. The van der Waals surface area contributed by atoms with Crippen molar-refractivity contribution in [3.63, 3.8) is 0 Å². The number of hydrogen-bond donors (Lipinski definition) is 1. The summed E-state index contributed by atoms with van der Waals surface area (Å²) in [6.45, 7) is 0. The van der Waals surface area contributed by atoms with Crippen molar-refractivity contribution in [3.8, 4) is 5.69 Å². The lowest BCUT2D eigenvalue weighted by molar-refractivity contribution is 0.622. The lowest BCUT2D eigenvalue weighted by Crippen LogP contribution is -1.95. The first kappa shape index (κ1) is 14.5. The van der Waals surface area contributed by atoms with Crippen molar-refractivity contribution in [2.75, 3.05) is 0 Å². The van der Waals surface area contributed by atoms with Gasteiger partial charge in [-0.3, -0.25) is 4.57 Å². The molecule has 0 saturated carbocycles. The minimum Gasteiger partial charge on any atom is -0.330 e. The highest BCUT2D eigenvalue weighted by Gasteiger charge is 2.11. The molecule has 0 atom stereocenters. The number of fused-ring (bicyclic) bond motifs is 1. The van der Waals surface area contributed by atoms with Gasteiger partial charge < -0.3 is 4.98 Å². The van der Waals surface area contributed by atoms with E-state index in [1.165, 1.54) is 6.07 Å². The molecule has 0 radical (unpaired) electrons. The number of hydrogen-bond acceptors (Lipinski definition) is 1. The van der Waals surface area contributed by atoms with Crippen LogP contribution >= 0.6 is 62.3 Å². The molecule has 0 aliphatic heterocycles. The van der Waals surface area contributed by atoms with E-state index >= 15 is 0 Å². The van der Waals surface area contributed by atoms with Gasteiger partial charge in [-0.15, -0.1) is 0 Å². The van der Waals surface area contributed by atoms with Crippen LogP contribution in [0.3, 0.4) is 0 Å². The van der Waals surface area contributed by atoms with Crippen LogP contribution in [0.4, 0.5) is 4.39 Å². The molecule has 1 N–H and O–H groups in total. The van der Waals surface area contributed by atoms with Crippen LogP contribution in [0, 0.1) is 14.2 Å². The summed E-state index contributed by atoms with van der Waals surface area (Å²) in [6, 6.07) is 8.67. The first-order valence-corrected chi connectivity index (χ1v) is 8.18. The summed E-state index contributed by atoms with van der Waals surface area (Å²) in [4.78, 5) is 3.09. The summed E-state index contributed by atoms with van der Waals surface area (Å²) in [5.74, 6) is -0.270. The molecule has 3 rings (SSSR count). The molecule has 0 spiro atoms. The molecule has 2 aromatic carbocycles. The summed E-state index contributed by atoms with van der Waals surface area (Å²) in [7, 11) is 0. The van der Waals surface area contributed by atoms with Gasteiger partial charge in [0.2, 0.25) is 0 Å². The highest BCUT2D eigenvalue weighted by Crippen LogP contribution is 2.28. The average molecular weight is 484 g/mol. The summed E-state index contributed by atoms with van der Waals surface area (Å²) in [5, 5.41) is 0.612. The SMILES string of the molecule is Fc1cc2c(cc1I)[nH]c(=S)n2-c1ccc(Cl)c(Br)c1. The molecule has 20 heavy (non-hydrogen) atoms. The maximum atomic E-state index is 13.8. The van der Waals surface area contributed by atoms with Crippen molar-refractivity contribution < 1.29 is 4.39 Å². The monoisotopic (exact) mass is 482 g/mol. The van der Waals surface area contributed by atoms with E-state index < -0.39 is 0 Å². The van der Waals surface area contributed by atoms with E-state index in [2.05, 4.69) is 20.9 Å². The quantitative estimate of drug-likeness (QED) is 0.340. The van der Waals surface area contributed by atoms with E-state index in [1.807, 2.05) is 34.7 Å². The molecule has 0 unspecified atom stereocenters. The van der Waals surface area contributed by atoms with Gasteiger partial charge >= 0.3 is 0 Å². The van der Waals surface area contributed by atoms with Crippen molar-refractivity contribution in [2.45, 2.75) is 0 Å². The molecule has 1 aromatic heterocycles. The molecule has 1 heterocycles. The van der Waals surface area contributed by atoms with E-state index in [0.717, 1.165) is 15.7 Å². The largest absolute Gasteiger partial charge is 0.330 e. The van der Waals surface area contributed by atoms with Crippen LogP contribution in [0.5, 0.6) is 0 Å². The number of aromatic nitrogens is 2. The van der Waals surface area contributed by atoms with Gasteiger partial charge in [-0.25, -0.2) is 4.39 Å². The second kappa shape index (κ2) is 5.40. The summed E-state index contributed by atoms with van der Waals surface area (Å²) >= 11 is 16.7. The van der Waals surface area contributed by atoms with Crippen molar-refractivity contribution in [1.82, 2.24) is 9.55 Å². The Hall–Kier alpha value is -0.440. The molecule has 2 nitrogen and oxygen atoms in total. The van der Waals surface area contributed by atoms with Crippen LogP contribution < -0.4 is 0 Å². The molecule has 102 valence electrons. The maximum Gasteiger partial charge on any atom is 0.182 e. The van der Waals surface area contributed by atoms with Crippen molar-refractivity contribution in [2.24, 2.45) is 0 Å². The Kier molecular flexibility index (Phi) is 3.91. The van der Waals surface area contributed by atoms with Crippen LogP contribution in [0.15, 0.2) is 34.8 Å². The van der Waals surface area contributed by atoms with Crippen LogP contribution in [0.2, 0.25) is 5.02 Å². The zero-order chi connectivity index (χ0) is 14.4. The Bertz CT molecular complexity index is 890. The first-order chi connectivity index (χ1) is 9.47. The lowest BCUT2D eigenvalue weighted by Gasteiger charge is -2.06. The standard InChI is InChI=1S/C13H6BrClFIN2S/c14-7-3-6(1-2-8(7)15)19-12-4-9(16)10(17)5-11(12)18-13(19)20/h1-5H,(H,18,20). The van der Waals surface area contributed by atoms with Gasteiger partial charge in [0.05, 0.1) is 19.6 Å². The third kappa shape index (κ3) is 2.43. The number of nitrogens with one attached hydrogen (secondary N) is 1. The molecule has 0 fully saturated rings. The lowest BCUT2D eigenvalue weighted by atomic mass is 10.2. The molecule has 7 heteroatoms. The van der Waals surface area contributed by atoms with Crippen LogP contribution in [0.25, 0.3) is 16.7 Å². The summed E-state index contributed by atoms with van der Waals surface area (Å²) in [6.07, 6.45) is 0. The van der Waals surface area contributed by atoms with Crippen LogP contribution in [-0.4, -0.2) is 9.55 Å². The Labute approximate surface area is 146 Å². The normalized spacial score (nSPS) is 11.2. The second-order valence-corrected chi connectivity index (χ2v) is 6.96. The smallest absolute Gasteiger partial charge is 0.182 e. The van der Waals surface area contributed by atoms with Crippen LogP contribution in [-0.2, 0) is 0 Å². The minimum absolute atomic E-state index is 0.270. The van der Waals surface area contributed by atoms with E-state index in [4.69, 9.17) is 23.8 Å². The maximum absolute atomic E-state index is 13.8. The third-order valence-electron chi connectivity index (χ3n) is 2.89. The van der Waals surface area contributed by atoms with Gasteiger partial charge in [-0.1, -0.05) is 11.6 Å². The summed E-state index contributed by atoms with van der Waals surface area (Å²) < 4.78 is 17.4. The zero-order valence-corrected chi connectivity index (χ0v) is 15.1. The van der Waals surface area contributed by atoms with Gasteiger partial charge in [-0.05, 0) is 75.0 Å². The molecule has 3 aromatic rings. The molecule has 0 amide bonds. The number of imidazole rings is 1. The van der Waals surface area contributed by atoms with Crippen molar-refractivity contribution in [3.05, 3.63) is 54.0 Å². The Morgan fingerprint density at radius 3 is 2.75 bits per heavy atom. The van der Waals surface area contributed by atoms with Gasteiger partial charge in [0.25, 0.3) is 0 Å². The number of nitrogens with zero attached hydrogens (tertiary/aromatic N) is 1. The summed E-state index contributed by atoms with van der Waals surface area (Å²) in [5.41, 5.74) is 2.31.